The van der Waals surface area contributed by atoms with Gasteiger partial charge < -0.3 is 14.8 Å². The molecule has 158 valence electrons. The number of carbonyl (C=O) groups excluding carboxylic acids is 2. The summed E-state index contributed by atoms with van der Waals surface area (Å²) in [6, 6.07) is 0. The zero-order chi connectivity index (χ0) is 21.3. The smallest absolute Gasteiger partial charge is 0.464 e. The third-order valence-corrected chi connectivity index (χ3v) is 4.50. The molecule has 1 fully saturated rings. The van der Waals surface area contributed by atoms with E-state index in [4.69, 9.17) is 9.47 Å². The highest BCUT2D eigenvalue weighted by Crippen LogP contribution is 2.38. The quantitative estimate of drug-likeness (QED) is 0.313. The second kappa shape index (κ2) is 7.78. The molecular weight excluding hydrogens is 402 g/mol. The first-order valence-electron chi connectivity index (χ1n) is 7.85. The van der Waals surface area contributed by atoms with E-state index in [0.29, 0.717) is 0 Å². The third kappa shape index (κ3) is 5.92. The second-order valence-corrected chi connectivity index (χ2v) is 8.45. The Labute approximate surface area is 153 Å². The van der Waals surface area contributed by atoms with Crippen LogP contribution in [0.15, 0.2) is 0 Å². The van der Waals surface area contributed by atoms with Crippen molar-refractivity contribution >= 4 is 22.2 Å². The lowest BCUT2D eigenvalue weighted by Crippen LogP contribution is -2.55. The van der Waals surface area contributed by atoms with Crippen LogP contribution in [0.3, 0.4) is 0 Å². The molecule has 27 heavy (non-hydrogen) atoms. The fourth-order valence-corrected chi connectivity index (χ4v) is 3.04. The van der Waals surface area contributed by atoms with Crippen molar-refractivity contribution in [1.29, 1.82) is 0 Å². The van der Waals surface area contributed by atoms with E-state index in [1.54, 1.807) is 0 Å². The Morgan fingerprint density at radius 1 is 1.19 bits per heavy atom. The molecule has 0 aliphatic heterocycles. The zero-order valence-corrected chi connectivity index (χ0v) is 15.9. The lowest BCUT2D eigenvalue weighted by atomic mass is 9.97. The van der Waals surface area contributed by atoms with Gasteiger partial charge in [-0.2, -0.15) is 21.6 Å². The van der Waals surface area contributed by atoms with Gasteiger partial charge in [0.05, 0.1) is 6.61 Å². The molecule has 1 rings (SSSR count). The molecule has 0 saturated heterocycles. The van der Waals surface area contributed by atoms with Crippen LogP contribution in [0.25, 0.3) is 0 Å². The predicted octanol–water partition coefficient (Wildman–Crippen LogP) is 2.18. The minimum atomic E-state index is -6.10. The zero-order valence-electron chi connectivity index (χ0n) is 15.1. The van der Waals surface area contributed by atoms with Crippen molar-refractivity contribution in [3.05, 3.63) is 0 Å². The van der Waals surface area contributed by atoms with Gasteiger partial charge in [-0.15, -0.1) is 0 Å². The molecule has 0 bridgehead atoms. The minimum Gasteiger partial charge on any atom is -0.464 e. The van der Waals surface area contributed by atoms with Gasteiger partial charge in [0.2, 0.25) is 0 Å². The van der Waals surface area contributed by atoms with Crippen molar-refractivity contribution in [3.8, 4) is 0 Å². The van der Waals surface area contributed by atoms with Gasteiger partial charge in [0.15, 0.2) is 0 Å². The number of esters is 1. The summed E-state index contributed by atoms with van der Waals surface area (Å²) in [5, 5.41) is 2.09. The molecule has 0 spiro atoms. The molecule has 0 aromatic heterocycles. The summed E-state index contributed by atoms with van der Waals surface area (Å²) >= 11 is 0. The van der Waals surface area contributed by atoms with E-state index in [1.807, 2.05) is 0 Å². The van der Waals surface area contributed by atoms with E-state index in [0.717, 1.165) is 0 Å². The Morgan fingerprint density at radius 2 is 1.74 bits per heavy atom. The molecule has 1 saturated carbocycles. The number of alkyl halides is 4. The van der Waals surface area contributed by atoms with Crippen LogP contribution in [0.4, 0.5) is 22.4 Å². The summed E-state index contributed by atoms with van der Waals surface area (Å²) in [5.74, 6) is -1.14. The van der Waals surface area contributed by atoms with Crippen LogP contribution in [-0.4, -0.2) is 56.0 Å². The van der Waals surface area contributed by atoms with Crippen LogP contribution in [0, 0.1) is 0 Å². The average molecular weight is 423 g/mol. The molecule has 1 aliphatic rings. The Bertz CT molecular complexity index is 674. The van der Waals surface area contributed by atoms with E-state index in [1.165, 1.54) is 27.7 Å². The Hall–Kier alpha value is -1.63. The first-order valence-corrected chi connectivity index (χ1v) is 9.26. The Kier molecular flexibility index (Phi) is 6.74. The van der Waals surface area contributed by atoms with Gasteiger partial charge in [0.1, 0.15) is 23.4 Å². The van der Waals surface area contributed by atoms with Crippen LogP contribution in [0.5, 0.6) is 0 Å². The molecule has 0 heterocycles. The fraction of sp³-hybridized carbons (Fsp3) is 0.857. The van der Waals surface area contributed by atoms with Crippen LogP contribution >= 0.6 is 0 Å². The maximum Gasteiger partial charge on any atom is 0.523 e. The first kappa shape index (κ1) is 23.4. The summed E-state index contributed by atoms with van der Waals surface area (Å²) in [5.41, 5.74) is -8.88. The van der Waals surface area contributed by atoms with E-state index in [2.05, 4.69) is 9.50 Å². The van der Waals surface area contributed by atoms with Gasteiger partial charge in [0, 0.05) is 12.8 Å². The topological polar surface area (TPSA) is 108 Å². The van der Waals surface area contributed by atoms with Crippen LogP contribution in [0.2, 0.25) is 0 Å². The maximum atomic E-state index is 14.2. The number of hydrogen-bond donors (Lipinski definition) is 1. The van der Waals surface area contributed by atoms with Gasteiger partial charge in [-0.3, -0.25) is 4.18 Å². The number of ether oxygens (including phenoxy) is 2. The van der Waals surface area contributed by atoms with Crippen molar-refractivity contribution in [2.75, 3.05) is 6.61 Å². The molecule has 0 aromatic rings. The fourth-order valence-electron chi connectivity index (χ4n) is 2.42. The van der Waals surface area contributed by atoms with Crippen molar-refractivity contribution in [1.82, 2.24) is 5.32 Å². The number of rotatable bonds is 5. The largest absolute Gasteiger partial charge is 0.523 e. The van der Waals surface area contributed by atoms with Gasteiger partial charge in [-0.25, -0.2) is 14.0 Å². The van der Waals surface area contributed by atoms with Crippen molar-refractivity contribution in [3.63, 3.8) is 0 Å². The highest BCUT2D eigenvalue weighted by atomic mass is 32.2. The van der Waals surface area contributed by atoms with Gasteiger partial charge in [0.25, 0.3) is 0 Å². The average Bonchev–Trinajstić information content (AvgIpc) is 2.72. The summed E-state index contributed by atoms with van der Waals surface area (Å²) in [4.78, 5) is 24.2. The maximum absolute atomic E-state index is 14.2. The second-order valence-electron chi connectivity index (χ2n) is 6.89. The third-order valence-electron chi connectivity index (χ3n) is 3.44. The molecule has 1 aliphatic carbocycles. The van der Waals surface area contributed by atoms with Gasteiger partial charge in [-0.05, 0) is 27.7 Å². The number of alkyl carbamates (subject to hydrolysis) is 1. The molecule has 0 aromatic carbocycles. The molecule has 8 nitrogen and oxygen atoms in total. The monoisotopic (exact) mass is 423 g/mol. The number of amides is 1. The predicted molar refractivity (Wildman–Crippen MR) is 82.7 cm³/mol. The van der Waals surface area contributed by atoms with Crippen molar-refractivity contribution < 1.29 is 49.2 Å². The molecule has 1 N–H and O–H groups in total. The van der Waals surface area contributed by atoms with Crippen LogP contribution in [-0.2, 0) is 28.6 Å². The number of nitrogens with one attached hydrogen (secondary N) is 1. The minimum absolute atomic E-state index is 0.167. The van der Waals surface area contributed by atoms with E-state index >= 15 is 0 Å². The molecule has 13 heteroatoms. The first-order chi connectivity index (χ1) is 12.0. The van der Waals surface area contributed by atoms with Crippen LogP contribution < -0.4 is 5.32 Å². The molecule has 3 atom stereocenters. The van der Waals surface area contributed by atoms with Crippen LogP contribution in [0.1, 0.15) is 40.5 Å². The van der Waals surface area contributed by atoms with Gasteiger partial charge in [-0.1, -0.05) is 0 Å². The standard InChI is InChI=1S/C14H21F4NO7S/c1-5-24-10(20)13(19-11(21)25-12(2,3)4)6-8(15)9(7-13)26-27(22,23)14(16,17)18/h8-9H,5-7H2,1-4H3,(H,19,21)/t8-,9-,13-/m1/s1. The number of halogens is 4. The molecular formula is C14H21F4NO7S. The lowest BCUT2D eigenvalue weighted by Gasteiger charge is -2.29. The van der Waals surface area contributed by atoms with Crippen molar-refractivity contribution in [2.45, 2.75) is 69.5 Å². The highest BCUT2D eigenvalue weighted by molar-refractivity contribution is 7.87. The highest BCUT2D eigenvalue weighted by Gasteiger charge is 2.58. The summed E-state index contributed by atoms with van der Waals surface area (Å²) in [6.45, 7) is 5.79. The Balaban J connectivity index is 3.09. The number of hydrogen-bond acceptors (Lipinski definition) is 7. The normalized spacial score (nSPS) is 26.5. The van der Waals surface area contributed by atoms with Crippen molar-refractivity contribution in [2.24, 2.45) is 0 Å². The van der Waals surface area contributed by atoms with E-state index in [9.17, 15) is 35.6 Å². The lowest BCUT2D eigenvalue weighted by molar-refractivity contribution is -0.151. The summed E-state index contributed by atoms with van der Waals surface area (Å²) in [6.07, 6.45) is -7.32. The van der Waals surface area contributed by atoms with E-state index < -0.39 is 63.9 Å². The van der Waals surface area contributed by atoms with E-state index in [-0.39, 0.29) is 6.61 Å². The molecule has 0 unspecified atom stereocenters. The summed E-state index contributed by atoms with van der Waals surface area (Å²) in [7, 11) is -6.10. The Morgan fingerprint density at radius 3 is 2.19 bits per heavy atom. The molecule has 0 radical (unpaired) electrons. The molecule has 1 amide bonds. The van der Waals surface area contributed by atoms with Gasteiger partial charge >= 0.3 is 27.7 Å². The number of carbonyl (C=O) groups is 2. The summed E-state index contributed by atoms with van der Waals surface area (Å²) < 4.78 is 87.5. The SMILES string of the molecule is CCOC(=O)[C@@]1(NC(=O)OC(C)(C)C)C[C@@H](F)[C@H](OS(=O)(=O)C(F)(F)F)C1.